The number of benzene rings is 2. The molecule has 2 aromatic rings. The van der Waals surface area contributed by atoms with Crippen LogP contribution in [-0.2, 0) is 10.0 Å². The number of sulfonamides is 1. The molecule has 0 saturated carbocycles. The van der Waals surface area contributed by atoms with Crippen LogP contribution in [0.3, 0.4) is 0 Å². The van der Waals surface area contributed by atoms with Crippen LogP contribution in [-0.4, -0.2) is 25.3 Å². The summed E-state index contributed by atoms with van der Waals surface area (Å²) in [5.74, 6) is -1.50. The number of carbonyl (C=O) groups is 2. The number of hydrogen-bond donors (Lipinski definition) is 2. The summed E-state index contributed by atoms with van der Waals surface area (Å²) in [7, 11) is -3.99. The van der Waals surface area contributed by atoms with Crippen LogP contribution in [0, 0.1) is 0 Å². The Morgan fingerprint density at radius 3 is 2.36 bits per heavy atom. The highest BCUT2D eigenvalue weighted by Gasteiger charge is 2.18. The van der Waals surface area contributed by atoms with Gasteiger partial charge in [-0.1, -0.05) is 18.2 Å². The van der Waals surface area contributed by atoms with Crippen molar-refractivity contribution in [1.29, 1.82) is 0 Å². The van der Waals surface area contributed by atoms with Gasteiger partial charge in [-0.2, -0.15) is 0 Å². The number of carboxylic acid groups (broad SMARTS) is 1. The second-order valence-corrected chi connectivity index (χ2v) is 6.22. The Bertz CT molecular complexity index is 843. The fraction of sp³-hybridized carbons (Fsp3) is 0.0667. The first kappa shape index (κ1) is 15.7. The van der Waals surface area contributed by atoms with Gasteiger partial charge in [0.1, 0.15) is 0 Å². The standard InChI is InChI=1S/C15H13NO5S/c1-10(17)13-7-2-3-8-14(13)16-22(20,21)12-6-4-5-11(9-12)15(18)19/h2-9,16H,1H3,(H,18,19). The number of carbonyl (C=O) groups excluding carboxylic acids is 1. The van der Waals surface area contributed by atoms with Gasteiger partial charge in [0.25, 0.3) is 10.0 Å². The first-order valence-corrected chi connectivity index (χ1v) is 7.76. The summed E-state index contributed by atoms with van der Waals surface area (Å²) >= 11 is 0. The molecule has 0 aliphatic carbocycles. The normalized spacial score (nSPS) is 11.0. The quantitative estimate of drug-likeness (QED) is 0.824. The van der Waals surface area contributed by atoms with Crippen LogP contribution in [0.2, 0.25) is 0 Å². The van der Waals surface area contributed by atoms with Crippen LogP contribution >= 0.6 is 0 Å². The number of nitrogens with one attached hydrogen (secondary N) is 1. The average Bonchev–Trinajstić information content (AvgIpc) is 2.47. The zero-order valence-electron chi connectivity index (χ0n) is 11.6. The van der Waals surface area contributed by atoms with E-state index < -0.39 is 16.0 Å². The van der Waals surface area contributed by atoms with E-state index in [0.29, 0.717) is 0 Å². The second-order valence-electron chi connectivity index (χ2n) is 4.54. The third-order valence-corrected chi connectivity index (χ3v) is 4.31. The van der Waals surface area contributed by atoms with Gasteiger partial charge in [-0.25, -0.2) is 13.2 Å². The molecular formula is C15H13NO5S. The van der Waals surface area contributed by atoms with Crippen molar-refractivity contribution in [3.8, 4) is 0 Å². The highest BCUT2D eigenvalue weighted by Crippen LogP contribution is 2.21. The molecule has 0 saturated heterocycles. The van der Waals surface area contributed by atoms with Crippen LogP contribution in [0.4, 0.5) is 5.69 Å². The topological polar surface area (TPSA) is 101 Å². The van der Waals surface area contributed by atoms with Crippen molar-refractivity contribution < 1.29 is 23.1 Å². The van der Waals surface area contributed by atoms with E-state index in [9.17, 15) is 18.0 Å². The molecule has 0 aromatic heterocycles. The van der Waals surface area contributed by atoms with Gasteiger partial charge < -0.3 is 5.11 Å². The van der Waals surface area contributed by atoms with Crippen LogP contribution in [0.1, 0.15) is 27.6 Å². The molecule has 2 rings (SSSR count). The molecule has 0 radical (unpaired) electrons. The molecule has 0 fully saturated rings. The summed E-state index contributed by atoms with van der Waals surface area (Å²) in [6.45, 7) is 1.33. The molecule has 0 bridgehead atoms. The molecule has 0 amide bonds. The SMILES string of the molecule is CC(=O)c1ccccc1NS(=O)(=O)c1cccc(C(=O)O)c1. The monoisotopic (exact) mass is 319 g/mol. The highest BCUT2D eigenvalue weighted by molar-refractivity contribution is 7.92. The summed E-state index contributed by atoms with van der Waals surface area (Å²) in [6.07, 6.45) is 0. The van der Waals surface area contributed by atoms with Crippen molar-refractivity contribution in [1.82, 2.24) is 0 Å². The number of hydrogen-bond acceptors (Lipinski definition) is 4. The van der Waals surface area contributed by atoms with Crippen molar-refractivity contribution >= 4 is 27.5 Å². The van der Waals surface area contributed by atoms with Gasteiger partial charge in [0, 0.05) is 5.56 Å². The van der Waals surface area contributed by atoms with Crippen molar-refractivity contribution in [3.63, 3.8) is 0 Å². The van der Waals surface area contributed by atoms with E-state index in [-0.39, 0.29) is 27.5 Å². The largest absolute Gasteiger partial charge is 0.478 e. The minimum atomic E-state index is -3.99. The van der Waals surface area contributed by atoms with Crippen LogP contribution in [0.5, 0.6) is 0 Å². The Balaban J connectivity index is 2.43. The molecule has 0 heterocycles. The lowest BCUT2D eigenvalue weighted by molar-refractivity contribution is 0.0696. The maximum absolute atomic E-state index is 12.3. The summed E-state index contributed by atoms with van der Waals surface area (Å²) in [6, 6.07) is 11.2. The van der Waals surface area contributed by atoms with Crippen molar-refractivity contribution in [2.75, 3.05) is 4.72 Å². The van der Waals surface area contributed by atoms with Gasteiger partial charge in [0.2, 0.25) is 0 Å². The summed E-state index contributed by atoms with van der Waals surface area (Å²) in [5, 5.41) is 8.92. The maximum Gasteiger partial charge on any atom is 0.335 e. The summed E-state index contributed by atoms with van der Waals surface area (Å²) in [4.78, 5) is 22.3. The minimum absolute atomic E-state index is 0.136. The Labute approximate surface area is 127 Å². The third kappa shape index (κ3) is 3.32. The smallest absolute Gasteiger partial charge is 0.335 e. The zero-order valence-corrected chi connectivity index (χ0v) is 12.4. The molecule has 2 N–H and O–H groups in total. The molecule has 2 aromatic carbocycles. The fourth-order valence-corrected chi connectivity index (χ4v) is 3.00. The summed E-state index contributed by atoms with van der Waals surface area (Å²) in [5.41, 5.74) is 0.249. The van der Waals surface area contributed by atoms with Gasteiger partial charge in [-0.3, -0.25) is 9.52 Å². The number of carboxylic acids is 1. The predicted octanol–water partition coefficient (Wildman–Crippen LogP) is 2.39. The molecule has 0 unspecified atom stereocenters. The Morgan fingerprint density at radius 2 is 1.73 bits per heavy atom. The molecule has 114 valence electrons. The molecule has 0 atom stereocenters. The van der Waals surface area contributed by atoms with E-state index in [1.807, 2.05) is 0 Å². The van der Waals surface area contributed by atoms with Gasteiger partial charge in [0.15, 0.2) is 5.78 Å². The molecule has 6 nitrogen and oxygen atoms in total. The highest BCUT2D eigenvalue weighted by atomic mass is 32.2. The molecule has 0 spiro atoms. The van der Waals surface area contributed by atoms with E-state index in [0.717, 1.165) is 6.07 Å². The van der Waals surface area contributed by atoms with Crippen molar-refractivity contribution in [3.05, 3.63) is 59.7 Å². The van der Waals surface area contributed by atoms with Crippen molar-refractivity contribution in [2.45, 2.75) is 11.8 Å². The van der Waals surface area contributed by atoms with E-state index in [1.165, 1.54) is 37.3 Å². The van der Waals surface area contributed by atoms with E-state index in [1.54, 1.807) is 12.1 Å². The van der Waals surface area contributed by atoms with Gasteiger partial charge in [-0.05, 0) is 37.3 Å². The average molecular weight is 319 g/mol. The lowest BCUT2D eigenvalue weighted by atomic mass is 10.1. The maximum atomic E-state index is 12.3. The van der Waals surface area contributed by atoms with Gasteiger partial charge in [-0.15, -0.1) is 0 Å². The Morgan fingerprint density at radius 1 is 1.05 bits per heavy atom. The first-order valence-electron chi connectivity index (χ1n) is 6.27. The first-order chi connectivity index (χ1) is 10.3. The number of rotatable bonds is 5. The van der Waals surface area contributed by atoms with Gasteiger partial charge in [0.05, 0.1) is 16.1 Å². The number of ketones is 1. The Kier molecular flexibility index (Phi) is 4.27. The molecule has 7 heteroatoms. The zero-order chi connectivity index (χ0) is 16.3. The Hall–Kier alpha value is -2.67. The number of aromatic carboxylic acids is 1. The number of para-hydroxylation sites is 1. The molecular weight excluding hydrogens is 306 g/mol. The van der Waals surface area contributed by atoms with E-state index in [2.05, 4.69) is 4.72 Å². The third-order valence-electron chi connectivity index (χ3n) is 2.94. The number of anilines is 1. The van der Waals surface area contributed by atoms with Crippen LogP contribution < -0.4 is 4.72 Å². The second kappa shape index (κ2) is 5.98. The van der Waals surface area contributed by atoms with E-state index in [4.69, 9.17) is 5.11 Å². The fourth-order valence-electron chi connectivity index (χ4n) is 1.88. The molecule has 0 aliphatic heterocycles. The minimum Gasteiger partial charge on any atom is -0.478 e. The van der Waals surface area contributed by atoms with Crippen molar-refractivity contribution in [2.24, 2.45) is 0 Å². The molecule has 0 aliphatic rings. The van der Waals surface area contributed by atoms with Crippen LogP contribution in [0.25, 0.3) is 0 Å². The number of Topliss-reactive ketones (excluding diaryl/α,β-unsaturated/α-hetero) is 1. The van der Waals surface area contributed by atoms with E-state index >= 15 is 0 Å². The van der Waals surface area contributed by atoms with Gasteiger partial charge >= 0.3 is 5.97 Å². The summed E-state index contributed by atoms with van der Waals surface area (Å²) < 4.78 is 27.0. The van der Waals surface area contributed by atoms with Crippen LogP contribution in [0.15, 0.2) is 53.4 Å². The predicted molar refractivity (Wildman–Crippen MR) is 80.7 cm³/mol. The molecule has 22 heavy (non-hydrogen) atoms. The lowest BCUT2D eigenvalue weighted by Crippen LogP contribution is -2.15. The lowest BCUT2D eigenvalue weighted by Gasteiger charge is -2.11.